The molecule has 0 aliphatic rings. The smallest absolute Gasteiger partial charge is 0.203 e. The predicted molar refractivity (Wildman–Crippen MR) is 135 cm³/mol. The molecule has 1 unspecified atom stereocenters. The monoisotopic (exact) mass is 535 g/mol. The Labute approximate surface area is 201 Å². The quantitative estimate of drug-likeness (QED) is 0.200. The highest BCUT2D eigenvalue weighted by atomic mass is 79.9. The molecule has 6 heteroatoms. The van der Waals surface area contributed by atoms with Crippen LogP contribution in [0.5, 0.6) is 5.75 Å². The second-order valence-electron chi connectivity index (χ2n) is 7.23. The molecule has 0 amide bonds. The van der Waals surface area contributed by atoms with Crippen LogP contribution in [0, 0.1) is 0 Å². The number of halogens is 2. The maximum absolute atomic E-state index is 5.49. The van der Waals surface area contributed by atoms with Crippen LogP contribution in [0.3, 0.4) is 0 Å². The van der Waals surface area contributed by atoms with Gasteiger partial charge in [-0.25, -0.2) is 0 Å². The number of imidazole rings is 1. The van der Waals surface area contributed by atoms with Gasteiger partial charge in [-0.2, -0.15) is 0 Å². The van der Waals surface area contributed by atoms with Gasteiger partial charge in [-0.15, -0.1) is 0 Å². The minimum absolute atomic E-state index is 0.193. The third-order valence-electron chi connectivity index (χ3n) is 5.38. The zero-order valence-electron chi connectivity index (χ0n) is 17.2. The Balaban J connectivity index is 1.66. The van der Waals surface area contributed by atoms with Gasteiger partial charge in [0.15, 0.2) is 0 Å². The summed E-state index contributed by atoms with van der Waals surface area (Å²) < 4.78 is 8.67. The number of alkyl halides is 1. The standard InChI is InChI=1S/C25H22BBr2N2O/c1-31-22-7-4-6-18(15-22)24(23-8-3-2-5-19(23)17-27)16-26-25-29-13-14-30(25)21-11-9-20(28)10-12-21/h2-15,24H,16-17H2,1H3. The van der Waals surface area contributed by atoms with Crippen molar-refractivity contribution < 1.29 is 4.74 Å². The van der Waals surface area contributed by atoms with Crippen LogP contribution in [0.15, 0.2) is 89.7 Å². The van der Waals surface area contributed by atoms with E-state index in [1.165, 1.54) is 16.7 Å². The fourth-order valence-corrected chi connectivity index (χ4v) is 4.58. The lowest BCUT2D eigenvalue weighted by atomic mass is 9.65. The summed E-state index contributed by atoms with van der Waals surface area (Å²) in [5.41, 5.74) is 5.86. The molecule has 1 aromatic heterocycles. The average molecular weight is 537 g/mol. The highest BCUT2D eigenvalue weighted by Crippen LogP contribution is 2.33. The second kappa shape index (κ2) is 10.3. The minimum Gasteiger partial charge on any atom is -0.497 e. The fraction of sp³-hybridized carbons (Fsp3) is 0.160. The molecule has 0 bridgehead atoms. The van der Waals surface area contributed by atoms with E-state index in [9.17, 15) is 0 Å². The lowest BCUT2D eigenvalue weighted by Gasteiger charge is -2.21. The second-order valence-corrected chi connectivity index (χ2v) is 8.71. The summed E-state index contributed by atoms with van der Waals surface area (Å²) in [5.74, 6) is 1.06. The largest absolute Gasteiger partial charge is 0.497 e. The van der Waals surface area contributed by atoms with Crippen molar-refractivity contribution in [2.24, 2.45) is 0 Å². The third kappa shape index (κ3) is 5.13. The molecule has 0 fully saturated rings. The van der Waals surface area contributed by atoms with Crippen molar-refractivity contribution in [1.29, 1.82) is 0 Å². The summed E-state index contributed by atoms with van der Waals surface area (Å²) >= 11 is 7.17. The molecule has 3 nitrogen and oxygen atoms in total. The maximum atomic E-state index is 5.49. The first-order valence-electron chi connectivity index (χ1n) is 10.1. The molecule has 4 aromatic rings. The number of benzene rings is 3. The highest BCUT2D eigenvalue weighted by Gasteiger charge is 2.20. The van der Waals surface area contributed by atoms with Crippen LogP contribution in [0.1, 0.15) is 22.6 Å². The van der Waals surface area contributed by atoms with Crippen molar-refractivity contribution >= 4 is 44.9 Å². The first-order valence-corrected chi connectivity index (χ1v) is 12.0. The van der Waals surface area contributed by atoms with Gasteiger partial charge >= 0.3 is 0 Å². The normalized spacial score (nSPS) is 11.8. The van der Waals surface area contributed by atoms with Crippen molar-refractivity contribution in [1.82, 2.24) is 9.55 Å². The molecular weight excluding hydrogens is 515 g/mol. The summed E-state index contributed by atoms with van der Waals surface area (Å²) in [6, 6.07) is 25.2. The number of ether oxygens (including phenoxy) is 1. The van der Waals surface area contributed by atoms with Crippen LogP contribution in [0.4, 0.5) is 0 Å². The van der Waals surface area contributed by atoms with E-state index in [0.717, 1.165) is 33.3 Å². The van der Waals surface area contributed by atoms with E-state index in [2.05, 4.69) is 103 Å². The number of nitrogens with zero attached hydrogens (tertiary/aromatic N) is 2. The molecule has 31 heavy (non-hydrogen) atoms. The topological polar surface area (TPSA) is 27.1 Å². The Morgan fingerprint density at radius 2 is 1.84 bits per heavy atom. The van der Waals surface area contributed by atoms with Crippen LogP contribution in [-0.2, 0) is 5.33 Å². The zero-order valence-corrected chi connectivity index (χ0v) is 20.4. The molecule has 0 saturated heterocycles. The van der Waals surface area contributed by atoms with E-state index in [4.69, 9.17) is 4.74 Å². The SMILES string of the molecule is COc1cccc(C(C[B]c2nccn2-c2ccc(Br)cc2)c2ccccc2CBr)c1. The Morgan fingerprint density at radius 1 is 1.03 bits per heavy atom. The number of hydrogen-bond donors (Lipinski definition) is 0. The van der Waals surface area contributed by atoms with E-state index in [1.54, 1.807) is 7.11 Å². The fourth-order valence-electron chi connectivity index (χ4n) is 3.81. The van der Waals surface area contributed by atoms with Crippen molar-refractivity contribution in [2.75, 3.05) is 7.11 Å². The first-order chi connectivity index (χ1) is 15.2. The van der Waals surface area contributed by atoms with E-state index in [0.29, 0.717) is 0 Å². The predicted octanol–water partition coefficient (Wildman–Crippen LogP) is 6.12. The molecule has 0 aliphatic carbocycles. The van der Waals surface area contributed by atoms with Gasteiger partial charge < -0.3 is 9.30 Å². The molecule has 1 radical (unpaired) electrons. The molecule has 155 valence electrons. The molecule has 3 aromatic carbocycles. The minimum atomic E-state index is 0.193. The van der Waals surface area contributed by atoms with Crippen LogP contribution in [-0.4, -0.2) is 23.9 Å². The molecule has 0 aliphatic heterocycles. The lowest BCUT2D eigenvalue weighted by molar-refractivity contribution is 0.414. The van der Waals surface area contributed by atoms with Crippen LogP contribution >= 0.6 is 31.9 Å². The Morgan fingerprint density at radius 3 is 2.61 bits per heavy atom. The van der Waals surface area contributed by atoms with E-state index >= 15 is 0 Å². The van der Waals surface area contributed by atoms with Crippen molar-refractivity contribution in [3.05, 3.63) is 106 Å². The molecule has 1 atom stereocenters. The Kier molecular flexibility index (Phi) is 7.31. The average Bonchev–Trinajstić information content (AvgIpc) is 3.29. The number of methoxy groups -OCH3 is 1. The van der Waals surface area contributed by atoms with Crippen molar-refractivity contribution in [3.63, 3.8) is 0 Å². The first kappa shape index (κ1) is 21.9. The maximum Gasteiger partial charge on any atom is 0.203 e. The van der Waals surface area contributed by atoms with Gasteiger partial charge in [0.05, 0.1) is 12.8 Å². The summed E-state index contributed by atoms with van der Waals surface area (Å²) in [6.45, 7) is 0. The zero-order chi connectivity index (χ0) is 21.6. The van der Waals surface area contributed by atoms with Crippen LogP contribution in [0.2, 0.25) is 6.32 Å². The molecule has 0 spiro atoms. The van der Waals surface area contributed by atoms with Gasteiger partial charge in [0, 0.05) is 33.8 Å². The molecule has 1 heterocycles. The molecule has 0 N–H and O–H groups in total. The molecule has 0 saturated carbocycles. The van der Waals surface area contributed by atoms with Crippen molar-refractivity contribution in [3.8, 4) is 11.4 Å². The van der Waals surface area contributed by atoms with Gasteiger partial charge in [-0.1, -0.05) is 74.6 Å². The van der Waals surface area contributed by atoms with Gasteiger partial charge in [0.2, 0.25) is 7.28 Å². The lowest BCUT2D eigenvalue weighted by Crippen LogP contribution is -2.27. The van der Waals surface area contributed by atoms with Crippen LogP contribution in [0.25, 0.3) is 5.69 Å². The number of aromatic nitrogens is 2. The van der Waals surface area contributed by atoms with Gasteiger partial charge in [0.1, 0.15) is 5.75 Å². The summed E-state index contributed by atoms with van der Waals surface area (Å²) in [7, 11) is 3.93. The third-order valence-corrected chi connectivity index (χ3v) is 6.51. The summed E-state index contributed by atoms with van der Waals surface area (Å²) in [6.07, 6.45) is 4.67. The highest BCUT2D eigenvalue weighted by molar-refractivity contribution is 9.10. The van der Waals surface area contributed by atoms with E-state index in [-0.39, 0.29) is 5.92 Å². The Bertz CT molecular complexity index is 1140. The van der Waals surface area contributed by atoms with E-state index in [1.807, 2.05) is 30.6 Å². The van der Waals surface area contributed by atoms with Crippen LogP contribution < -0.4 is 10.5 Å². The number of hydrogen-bond acceptors (Lipinski definition) is 2. The molecule has 4 rings (SSSR count). The molecular formula is C25H22BBr2N2O. The van der Waals surface area contributed by atoms with Gasteiger partial charge in [-0.3, -0.25) is 4.98 Å². The Hall–Kier alpha value is -2.31. The van der Waals surface area contributed by atoms with E-state index < -0.39 is 0 Å². The summed E-state index contributed by atoms with van der Waals surface area (Å²) in [4.78, 5) is 4.61. The van der Waals surface area contributed by atoms with Gasteiger partial charge in [0.25, 0.3) is 0 Å². The number of rotatable bonds is 8. The van der Waals surface area contributed by atoms with Gasteiger partial charge in [-0.05, 0) is 53.1 Å². The summed E-state index contributed by atoms with van der Waals surface area (Å²) in [5, 5.41) is 0.817. The van der Waals surface area contributed by atoms with Crippen molar-refractivity contribution in [2.45, 2.75) is 17.6 Å².